The molecule has 0 bridgehead atoms. The van der Waals surface area contributed by atoms with E-state index < -0.39 is 0 Å². The number of nitrogens with two attached hydrogens (primary N) is 1. The van der Waals surface area contributed by atoms with Crippen LogP contribution in [0.5, 0.6) is 0 Å². The lowest BCUT2D eigenvalue weighted by atomic mass is 10.0. The average Bonchev–Trinajstić information content (AvgIpc) is 2.75. The van der Waals surface area contributed by atoms with Gasteiger partial charge in [0.2, 0.25) is 5.91 Å². The molecule has 14 heavy (non-hydrogen) atoms. The van der Waals surface area contributed by atoms with Gasteiger partial charge in [-0.1, -0.05) is 0 Å². The van der Waals surface area contributed by atoms with Crippen molar-refractivity contribution in [3.63, 3.8) is 0 Å². The van der Waals surface area contributed by atoms with E-state index in [2.05, 4.69) is 5.32 Å². The van der Waals surface area contributed by atoms with Crippen LogP contribution in [0.15, 0.2) is 0 Å². The number of nitrogens with zero attached hydrogens (tertiary/aromatic N) is 1. The third-order valence-electron chi connectivity index (χ3n) is 3.20. The summed E-state index contributed by atoms with van der Waals surface area (Å²) in [6, 6.07) is 0.209. The second-order valence-electron chi connectivity index (χ2n) is 4.45. The molecule has 0 spiro atoms. The van der Waals surface area contributed by atoms with E-state index in [1.165, 1.54) is 0 Å². The molecule has 2 fully saturated rings. The average molecular weight is 197 g/mol. The summed E-state index contributed by atoms with van der Waals surface area (Å²) in [6.07, 6.45) is 2.82. The Labute approximate surface area is 84.8 Å². The predicted molar refractivity (Wildman–Crippen MR) is 54.8 cm³/mol. The molecule has 1 amide bonds. The van der Waals surface area contributed by atoms with Crippen LogP contribution in [0.3, 0.4) is 0 Å². The maximum Gasteiger partial charge on any atom is 0.222 e. The van der Waals surface area contributed by atoms with Crippen LogP contribution in [0.2, 0.25) is 0 Å². The lowest BCUT2D eigenvalue weighted by Gasteiger charge is -2.17. The molecule has 4 nitrogen and oxygen atoms in total. The maximum absolute atomic E-state index is 11.8. The first-order valence-corrected chi connectivity index (χ1v) is 5.50. The van der Waals surface area contributed by atoms with E-state index in [1.807, 2.05) is 4.90 Å². The number of hydrogen-bond acceptors (Lipinski definition) is 3. The SMILES string of the molecule is N[C@@H]1CCN(C(=O)CC2CCNC2)C1. The van der Waals surface area contributed by atoms with Crippen molar-refractivity contribution in [2.75, 3.05) is 26.2 Å². The number of likely N-dealkylation sites (tertiary alicyclic amines) is 1. The fourth-order valence-corrected chi connectivity index (χ4v) is 2.28. The third kappa shape index (κ3) is 2.25. The Kier molecular flexibility index (Phi) is 3.03. The molecule has 0 saturated carbocycles. The largest absolute Gasteiger partial charge is 0.341 e. The Morgan fingerprint density at radius 2 is 2.36 bits per heavy atom. The summed E-state index contributed by atoms with van der Waals surface area (Å²) < 4.78 is 0. The minimum Gasteiger partial charge on any atom is -0.341 e. The van der Waals surface area contributed by atoms with Crippen LogP contribution in [0.25, 0.3) is 0 Å². The number of amides is 1. The highest BCUT2D eigenvalue weighted by atomic mass is 16.2. The molecule has 4 heteroatoms. The van der Waals surface area contributed by atoms with Crippen LogP contribution in [-0.2, 0) is 4.79 Å². The zero-order valence-electron chi connectivity index (χ0n) is 8.54. The van der Waals surface area contributed by atoms with Crippen molar-refractivity contribution in [2.24, 2.45) is 11.7 Å². The van der Waals surface area contributed by atoms with Crippen LogP contribution < -0.4 is 11.1 Å². The summed E-state index contributed by atoms with van der Waals surface area (Å²) in [5.41, 5.74) is 5.76. The second-order valence-corrected chi connectivity index (χ2v) is 4.45. The van der Waals surface area contributed by atoms with Gasteiger partial charge in [0.05, 0.1) is 0 Å². The molecule has 2 atom stereocenters. The van der Waals surface area contributed by atoms with E-state index in [9.17, 15) is 4.79 Å². The highest BCUT2D eigenvalue weighted by Crippen LogP contribution is 2.16. The lowest BCUT2D eigenvalue weighted by molar-refractivity contribution is -0.131. The van der Waals surface area contributed by atoms with Gasteiger partial charge in [-0.25, -0.2) is 0 Å². The molecule has 2 saturated heterocycles. The van der Waals surface area contributed by atoms with Crippen molar-refractivity contribution in [1.29, 1.82) is 0 Å². The summed E-state index contributed by atoms with van der Waals surface area (Å²) >= 11 is 0. The molecular formula is C10H19N3O. The molecule has 3 N–H and O–H groups in total. The maximum atomic E-state index is 11.8. The highest BCUT2D eigenvalue weighted by Gasteiger charge is 2.26. The summed E-state index contributed by atoms with van der Waals surface area (Å²) in [5.74, 6) is 0.853. The van der Waals surface area contributed by atoms with Crippen molar-refractivity contribution in [3.8, 4) is 0 Å². The van der Waals surface area contributed by atoms with Crippen LogP contribution in [0.1, 0.15) is 19.3 Å². The molecule has 0 radical (unpaired) electrons. The van der Waals surface area contributed by atoms with E-state index in [0.29, 0.717) is 18.2 Å². The Balaban J connectivity index is 1.77. The fourth-order valence-electron chi connectivity index (χ4n) is 2.28. The van der Waals surface area contributed by atoms with Gasteiger partial charge in [-0.15, -0.1) is 0 Å². The Hall–Kier alpha value is -0.610. The quantitative estimate of drug-likeness (QED) is 0.630. The molecule has 2 heterocycles. The van der Waals surface area contributed by atoms with Gasteiger partial charge in [0.25, 0.3) is 0 Å². The van der Waals surface area contributed by atoms with E-state index in [0.717, 1.165) is 39.0 Å². The smallest absolute Gasteiger partial charge is 0.222 e. The minimum absolute atomic E-state index is 0.209. The summed E-state index contributed by atoms with van der Waals surface area (Å²) in [6.45, 7) is 3.70. The summed E-state index contributed by atoms with van der Waals surface area (Å²) in [7, 11) is 0. The van der Waals surface area contributed by atoms with Crippen molar-refractivity contribution in [2.45, 2.75) is 25.3 Å². The first-order chi connectivity index (χ1) is 6.75. The molecule has 1 unspecified atom stereocenters. The van der Waals surface area contributed by atoms with Gasteiger partial charge in [-0.3, -0.25) is 4.79 Å². The third-order valence-corrected chi connectivity index (χ3v) is 3.20. The predicted octanol–water partition coefficient (Wildman–Crippen LogP) is -0.454. The molecule has 0 aliphatic carbocycles. The number of rotatable bonds is 2. The van der Waals surface area contributed by atoms with Gasteiger partial charge >= 0.3 is 0 Å². The molecule has 2 aliphatic heterocycles. The van der Waals surface area contributed by atoms with Crippen molar-refractivity contribution < 1.29 is 4.79 Å². The molecule has 2 rings (SSSR count). The van der Waals surface area contributed by atoms with Gasteiger partial charge in [-0.2, -0.15) is 0 Å². The Bertz CT molecular complexity index is 213. The Morgan fingerprint density at radius 3 is 2.93 bits per heavy atom. The molecule has 80 valence electrons. The summed E-state index contributed by atoms with van der Waals surface area (Å²) in [5, 5.41) is 3.28. The molecule has 0 aromatic rings. The topological polar surface area (TPSA) is 58.4 Å². The summed E-state index contributed by atoms with van der Waals surface area (Å²) in [4.78, 5) is 13.7. The van der Waals surface area contributed by atoms with Crippen LogP contribution in [0.4, 0.5) is 0 Å². The van der Waals surface area contributed by atoms with Crippen molar-refractivity contribution >= 4 is 5.91 Å². The van der Waals surface area contributed by atoms with Crippen LogP contribution in [-0.4, -0.2) is 43.0 Å². The van der Waals surface area contributed by atoms with Crippen molar-refractivity contribution in [1.82, 2.24) is 10.2 Å². The van der Waals surface area contributed by atoms with E-state index in [-0.39, 0.29) is 6.04 Å². The van der Waals surface area contributed by atoms with E-state index in [4.69, 9.17) is 5.73 Å². The van der Waals surface area contributed by atoms with Gasteiger partial charge in [0.15, 0.2) is 0 Å². The number of nitrogens with one attached hydrogen (secondary N) is 1. The molecular weight excluding hydrogens is 178 g/mol. The molecule has 2 aliphatic rings. The van der Waals surface area contributed by atoms with Gasteiger partial charge in [0.1, 0.15) is 0 Å². The minimum atomic E-state index is 0.209. The van der Waals surface area contributed by atoms with Crippen LogP contribution in [0, 0.1) is 5.92 Å². The van der Waals surface area contributed by atoms with E-state index in [1.54, 1.807) is 0 Å². The molecule has 0 aromatic carbocycles. The first kappa shape index (κ1) is 9.93. The highest BCUT2D eigenvalue weighted by molar-refractivity contribution is 5.76. The lowest BCUT2D eigenvalue weighted by Crippen LogP contribution is -2.33. The fraction of sp³-hybridized carbons (Fsp3) is 0.900. The van der Waals surface area contributed by atoms with Crippen LogP contribution >= 0.6 is 0 Å². The van der Waals surface area contributed by atoms with Gasteiger partial charge in [0, 0.05) is 25.6 Å². The number of carbonyl (C=O) groups excluding carboxylic acids is 1. The van der Waals surface area contributed by atoms with Gasteiger partial charge in [-0.05, 0) is 31.8 Å². The van der Waals surface area contributed by atoms with E-state index >= 15 is 0 Å². The number of carbonyl (C=O) groups is 1. The molecule has 0 aromatic heterocycles. The normalized spacial score (nSPS) is 32.5. The van der Waals surface area contributed by atoms with Gasteiger partial charge < -0.3 is 16.0 Å². The monoisotopic (exact) mass is 197 g/mol. The zero-order chi connectivity index (χ0) is 9.97. The zero-order valence-corrected chi connectivity index (χ0v) is 8.54. The Morgan fingerprint density at radius 1 is 1.50 bits per heavy atom. The van der Waals surface area contributed by atoms with Crippen molar-refractivity contribution in [3.05, 3.63) is 0 Å². The second kappa shape index (κ2) is 4.28. The standard InChI is InChI=1S/C10H19N3O/c11-9-2-4-13(7-9)10(14)5-8-1-3-12-6-8/h8-9,12H,1-7,11H2/t8?,9-/m1/s1. The first-order valence-electron chi connectivity index (χ1n) is 5.50. The number of hydrogen-bond donors (Lipinski definition) is 2.